The third kappa shape index (κ3) is 13.4. The van der Waals surface area contributed by atoms with Crippen molar-refractivity contribution in [2.45, 2.75) is 135 Å². The van der Waals surface area contributed by atoms with Crippen LogP contribution in [0.2, 0.25) is 0 Å². The number of hydrogen-bond donors (Lipinski definition) is 1. The largest absolute Gasteiger partial charge is 2.00 e. The Bertz CT molecular complexity index is 1760. The van der Waals surface area contributed by atoms with E-state index in [0.717, 1.165) is 22.6 Å². The van der Waals surface area contributed by atoms with Gasteiger partial charge in [-0.3, -0.25) is 0 Å². The first-order chi connectivity index (χ1) is 25.3. The molecule has 7 heteroatoms. The number of benzene rings is 4. The van der Waals surface area contributed by atoms with Crippen LogP contribution in [0.4, 0.5) is 5.69 Å². The van der Waals surface area contributed by atoms with Crippen molar-refractivity contribution in [3.05, 3.63) is 108 Å². The molecule has 0 aliphatic heterocycles. The molecule has 2 saturated carbocycles. The minimum Gasteiger partial charge on any atom is -0.748 e. The maximum absolute atomic E-state index is 9.08. The average Bonchev–Trinajstić information content (AvgIpc) is 3.15. The SMILES string of the molecule is CC(C)c1cc(C(C)C)c(-c2ccccc2P(C2CCCCC2)C2CCCCC2)c(C(C)C)c1.CNc1ccccc1-c1[c-]cccc1.CS(=O)(=O)[O-].[Pd+2]. The Labute approximate surface area is 343 Å². The summed E-state index contributed by atoms with van der Waals surface area (Å²) in [6, 6.07) is 34.3. The second kappa shape index (κ2) is 22.4. The number of anilines is 1. The molecule has 4 aromatic carbocycles. The Morgan fingerprint density at radius 3 is 1.59 bits per heavy atom. The van der Waals surface area contributed by atoms with E-state index in [2.05, 4.69) is 108 Å². The Morgan fingerprint density at radius 1 is 0.685 bits per heavy atom. The summed E-state index contributed by atoms with van der Waals surface area (Å²) in [5.41, 5.74) is 13.2. The molecule has 4 aromatic rings. The molecule has 2 aliphatic carbocycles. The summed E-state index contributed by atoms with van der Waals surface area (Å²) in [6.07, 6.45) is 15.2. The van der Waals surface area contributed by atoms with Gasteiger partial charge in [-0.15, -0.1) is 35.9 Å². The quantitative estimate of drug-likeness (QED) is 0.0788. The van der Waals surface area contributed by atoms with Gasteiger partial charge in [0.05, 0.1) is 10.1 Å². The Morgan fingerprint density at radius 2 is 1.15 bits per heavy atom. The maximum Gasteiger partial charge on any atom is 2.00 e. The molecular formula is C47H64NO3PPdS. The van der Waals surface area contributed by atoms with Gasteiger partial charge in [-0.25, -0.2) is 8.42 Å². The van der Waals surface area contributed by atoms with Crippen LogP contribution in [-0.2, 0) is 30.5 Å². The molecule has 6 rings (SSSR count). The summed E-state index contributed by atoms with van der Waals surface area (Å²) in [4.78, 5) is 0. The first-order valence-corrected chi connectivity index (χ1v) is 23.3. The topological polar surface area (TPSA) is 69.2 Å². The van der Waals surface area contributed by atoms with Gasteiger partial charge in [0, 0.05) is 13.3 Å². The van der Waals surface area contributed by atoms with Gasteiger partial charge < -0.3 is 9.87 Å². The molecule has 0 spiro atoms. The number of para-hydroxylation sites is 1. The summed E-state index contributed by atoms with van der Waals surface area (Å²) in [7, 11) is -2.10. The fourth-order valence-corrected chi connectivity index (χ4v) is 12.0. The molecule has 4 nitrogen and oxygen atoms in total. The molecule has 0 bridgehead atoms. The fourth-order valence-electron chi connectivity index (χ4n) is 8.08. The average molecular weight is 860 g/mol. The molecule has 0 heterocycles. The van der Waals surface area contributed by atoms with Gasteiger partial charge in [0.2, 0.25) is 0 Å². The van der Waals surface area contributed by atoms with E-state index in [1.54, 1.807) is 27.6 Å². The van der Waals surface area contributed by atoms with Crippen LogP contribution < -0.4 is 10.6 Å². The van der Waals surface area contributed by atoms with Gasteiger partial charge in [-0.05, 0) is 99.6 Å². The van der Waals surface area contributed by atoms with Crippen LogP contribution in [0.15, 0.2) is 84.9 Å². The second-order valence-electron chi connectivity index (χ2n) is 15.8. The van der Waals surface area contributed by atoms with Gasteiger partial charge in [0.1, 0.15) is 0 Å². The van der Waals surface area contributed by atoms with Crippen LogP contribution >= 0.6 is 7.92 Å². The number of nitrogens with one attached hydrogen (secondary N) is 1. The van der Waals surface area contributed by atoms with Crippen LogP contribution in [0.25, 0.3) is 22.3 Å². The standard InChI is InChI=1S/C33H49P.C13H12N.CH4O3S.Pd/c1-23(2)26-21-30(24(3)4)33(31(22-26)25(5)6)29-19-13-14-20-32(29)34(27-15-9-7-10-16-27)28-17-11-8-12-18-28;1-14-13-10-6-5-9-12(13)11-7-3-2-4-8-11;1-5(2,3)4;/h13-14,19-25,27-28H,7-12,15-18H2,1-6H3;2-7,9-10,14H,1H3;1H3,(H,2,3,4);/q;-1;;+2/p-1. The van der Waals surface area contributed by atoms with Crippen LogP contribution in [-0.4, -0.2) is 37.6 Å². The van der Waals surface area contributed by atoms with E-state index in [1.165, 1.54) is 75.3 Å². The van der Waals surface area contributed by atoms with Gasteiger partial charge in [0.25, 0.3) is 0 Å². The Hall–Kier alpha value is -2.32. The van der Waals surface area contributed by atoms with Gasteiger partial charge in [-0.1, -0.05) is 148 Å². The zero-order valence-corrected chi connectivity index (χ0v) is 37.2. The van der Waals surface area contributed by atoms with E-state index < -0.39 is 10.1 Å². The third-order valence-corrected chi connectivity index (χ3v) is 14.3. The summed E-state index contributed by atoms with van der Waals surface area (Å²) < 4.78 is 27.2. The smallest absolute Gasteiger partial charge is 0.748 e. The predicted octanol–water partition coefficient (Wildman–Crippen LogP) is 12.9. The molecule has 0 saturated heterocycles. The van der Waals surface area contributed by atoms with E-state index in [1.807, 2.05) is 37.4 Å². The summed E-state index contributed by atoms with van der Waals surface area (Å²) in [5, 5.41) is 4.92. The molecule has 296 valence electrons. The molecule has 0 radical (unpaired) electrons. The minimum atomic E-state index is -3.92. The molecule has 2 aliphatic rings. The zero-order chi connectivity index (χ0) is 38.5. The molecule has 0 unspecified atom stereocenters. The first kappa shape index (κ1) is 46.1. The van der Waals surface area contributed by atoms with Crippen molar-refractivity contribution >= 4 is 29.0 Å². The van der Waals surface area contributed by atoms with Crippen molar-refractivity contribution in [3.63, 3.8) is 0 Å². The van der Waals surface area contributed by atoms with Crippen LogP contribution in [0.3, 0.4) is 0 Å². The minimum absolute atomic E-state index is 0. The molecule has 0 aromatic heterocycles. The number of hydrogen-bond acceptors (Lipinski definition) is 4. The second-order valence-corrected chi connectivity index (χ2v) is 20.0. The Kier molecular flexibility index (Phi) is 19.1. The third-order valence-electron chi connectivity index (χ3n) is 10.7. The van der Waals surface area contributed by atoms with Crippen molar-refractivity contribution < 1.29 is 33.4 Å². The van der Waals surface area contributed by atoms with Crippen molar-refractivity contribution in [2.75, 3.05) is 18.6 Å². The summed E-state index contributed by atoms with van der Waals surface area (Å²) in [5.74, 6) is 1.64. The predicted molar refractivity (Wildman–Crippen MR) is 230 cm³/mol. The molecule has 0 atom stereocenters. The van der Waals surface area contributed by atoms with Crippen LogP contribution in [0.1, 0.15) is 140 Å². The van der Waals surface area contributed by atoms with Crippen molar-refractivity contribution in [1.29, 1.82) is 0 Å². The van der Waals surface area contributed by atoms with Gasteiger partial charge in [0.15, 0.2) is 0 Å². The zero-order valence-electron chi connectivity index (χ0n) is 33.9. The number of rotatable bonds is 9. The maximum atomic E-state index is 9.08. The molecule has 2 fully saturated rings. The van der Waals surface area contributed by atoms with E-state index in [-0.39, 0.29) is 28.3 Å². The van der Waals surface area contributed by atoms with Crippen LogP contribution in [0.5, 0.6) is 0 Å². The molecular weight excluding hydrogens is 796 g/mol. The van der Waals surface area contributed by atoms with Gasteiger partial charge >= 0.3 is 20.4 Å². The van der Waals surface area contributed by atoms with E-state index in [9.17, 15) is 0 Å². The monoisotopic (exact) mass is 859 g/mol. The normalized spacial score (nSPS) is 15.3. The first-order valence-electron chi connectivity index (χ1n) is 20.0. The van der Waals surface area contributed by atoms with Crippen LogP contribution in [0, 0.1) is 6.07 Å². The van der Waals surface area contributed by atoms with E-state index in [4.69, 9.17) is 13.0 Å². The molecule has 0 amide bonds. The van der Waals surface area contributed by atoms with E-state index >= 15 is 0 Å². The van der Waals surface area contributed by atoms with Crippen molar-refractivity contribution in [3.8, 4) is 22.3 Å². The van der Waals surface area contributed by atoms with Gasteiger partial charge in [-0.2, -0.15) is 0 Å². The molecule has 1 N–H and O–H groups in total. The summed E-state index contributed by atoms with van der Waals surface area (Å²) in [6.45, 7) is 14.3. The Balaban J connectivity index is 0.000000323. The molecule has 54 heavy (non-hydrogen) atoms. The summed E-state index contributed by atoms with van der Waals surface area (Å²) >= 11 is 0. The van der Waals surface area contributed by atoms with E-state index in [0.29, 0.717) is 24.0 Å². The fraction of sp³-hybridized carbons (Fsp3) is 0.489. The van der Waals surface area contributed by atoms with Crippen molar-refractivity contribution in [2.24, 2.45) is 0 Å². The van der Waals surface area contributed by atoms with Crippen molar-refractivity contribution in [1.82, 2.24) is 0 Å².